The summed E-state index contributed by atoms with van der Waals surface area (Å²) in [4.78, 5) is 23.4. The van der Waals surface area contributed by atoms with Crippen LogP contribution < -0.4 is 16.4 Å². The number of amides is 2. The second-order valence-corrected chi connectivity index (χ2v) is 6.32. The minimum atomic E-state index is -0.469. The highest BCUT2D eigenvalue weighted by Gasteiger charge is 2.16. The van der Waals surface area contributed by atoms with Crippen LogP contribution in [0, 0.1) is 0 Å². The van der Waals surface area contributed by atoms with E-state index in [1.54, 1.807) is 11.8 Å². The zero-order valence-electron chi connectivity index (χ0n) is 12.3. The van der Waals surface area contributed by atoms with Crippen LogP contribution >= 0.6 is 11.8 Å². The Morgan fingerprint density at radius 2 is 2.00 bits per heavy atom. The second-order valence-electron chi connectivity index (χ2n) is 5.33. The lowest BCUT2D eigenvalue weighted by Gasteiger charge is -2.22. The van der Waals surface area contributed by atoms with Crippen molar-refractivity contribution in [2.24, 2.45) is 5.73 Å². The fourth-order valence-electron chi connectivity index (χ4n) is 2.35. The van der Waals surface area contributed by atoms with Gasteiger partial charge in [-0.25, -0.2) is 0 Å². The first-order chi connectivity index (χ1) is 9.63. The van der Waals surface area contributed by atoms with Crippen LogP contribution in [0.15, 0.2) is 0 Å². The summed E-state index contributed by atoms with van der Waals surface area (Å²) < 4.78 is 0. The van der Waals surface area contributed by atoms with Crippen molar-refractivity contribution in [3.63, 3.8) is 0 Å². The topological polar surface area (TPSA) is 84.2 Å². The van der Waals surface area contributed by atoms with Crippen molar-refractivity contribution in [2.75, 3.05) is 18.6 Å². The molecule has 1 fully saturated rings. The Balaban J connectivity index is 2.09. The highest BCUT2D eigenvalue weighted by Crippen LogP contribution is 2.17. The summed E-state index contributed by atoms with van der Waals surface area (Å²) in [5, 5.41) is 5.76. The van der Waals surface area contributed by atoms with Gasteiger partial charge >= 0.3 is 0 Å². The summed E-state index contributed by atoms with van der Waals surface area (Å²) in [5.74, 6) is 0.732. The van der Waals surface area contributed by atoms with Crippen LogP contribution in [0.25, 0.3) is 0 Å². The molecule has 1 rings (SSSR count). The first-order valence-electron chi connectivity index (χ1n) is 7.45. The van der Waals surface area contributed by atoms with E-state index in [-0.39, 0.29) is 11.8 Å². The molecule has 1 aliphatic carbocycles. The smallest absolute Gasteiger partial charge is 0.236 e. The van der Waals surface area contributed by atoms with Crippen LogP contribution in [0.4, 0.5) is 0 Å². The molecule has 0 unspecified atom stereocenters. The van der Waals surface area contributed by atoms with Crippen LogP contribution in [0.5, 0.6) is 0 Å². The third kappa shape index (κ3) is 7.14. The maximum Gasteiger partial charge on any atom is 0.236 e. The Morgan fingerprint density at radius 3 is 2.65 bits per heavy atom. The molecule has 0 radical (unpaired) electrons. The maximum absolute atomic E-state index is 11.7. The van der Waals surface area contributed by atoms with Gasteiger partial charge in [0.25, 0.3) is 0 Å². The number of hydrogen-bond acceptors (Lipinski definition) is 4. The summed E-state index contributed by atoms with van der Waals surface area (Å²) in [7, 11) is 0. The van der Waals surface area contributed by atoms with E-state index in [2.05, 4.69) is 10.6 Å². The van der Waals surface area contributed by atoms with Gasteiger partial charge in [-0.1, -0.05) is 19.3 Å². The fourth-order valence-corrected chi connectivity index (χ4v) is 2.84. The Kier molecular flexibility index (Phi) is 8.69. The minimum absolute atomic E-state index is 0.0230. The van der Waals surface area contributed by atoms with Crippen LogP contribution in [-0.2, 0) is 9.59 Å². The number of nitrogens with two attached hydrogens (primary N) is 1. The Bertz CT molecular complexity index is 307. The van der Waals surface area contributed by atoms with Gasteiger partial charge in [-0.15, -0.1) is 0 Å². The molecule has 1 atom stereocenters. The zero-order valence-corrected chi connectivity index (χ0v) is 13.1. The molecular weight excluding hydrogens is 274 g/mol. The van der Waals surface area contributed by atoms with Crippen molar-refractivity contribution < 1.29 is 9.59 Å². The third-order valence-corrected chi connectivity index (χ3v) is 4.24. The molecule has 0 heterocycles. The number of thioether (sulfide) groups is 1. The molecule has 2 amide bonds. The van der Waals surface area contributed by atoms with E-state index < -0.39 is 6.04 Å². The molecular formula is C14H27N3O2S. The fraction of sp³-hybridized carbons (Fsp3) is 0.857. The summed E-state index contributed by atoms with van der Waals surface area (Å²) in [6.45, 7) is 0.365. The zero-order chi connectivity index (χ0) is 14.8. The van der Waals surface area contributed by atoms with E-state index in [0.717, 1.165) is 18.6 Å². The quantitative estimate of drug-likeness (QED) is 0.625. The van der Waals surface area contributed by atoms with Crippen LogP contribution in [-0.4, -0.2) is 42.5 Å². The largest absolute Gasteiger partial charge is 0.354 e. The lowest BCUT2D eigenvalue weighted by atomic mass is 9.95. The van der Waals surface area contributed by atoms with Gasteiger partial charge in [0, 0.05) is 19.0 Å². The standard InChI is InChI=1S/C14H27N3O2S/c1-20-10-8-12(15)14(19)16-9-7-13(18)17-11-5-3-2-4-6-11/h11-12H,2-10,15H2,1H3,(H,16,19)(H,17,18)/t12-/m0/s1. The van der Waals surface area contributed by atoms with E-state index >= 15 is 0 Å². The average molecular weight is 301 g/mol. The number of rotatable bonds is 8. The Morgan fingerprint density at radius 1 is 1.30 bits per heavy atom. The predicted octanol–water partition coefficient (Wildman–Crippen LogP) is 1.02. The van der Waals surface area contributed by atoms with Gasteiger partial charge in [0.1, 0.15) is 0 Å². The summed E-state index contributed by atoms with van der Waals surface area (Å²) in [5.41, 5.74) is 5.74. The van der Waals surface area contributed by atoms with Gasteiger partial charge in [0.2, 0.25) is 11.8 Å². The molecule has 20 heavy (non-hydrogen) atoms. The van der Waals surface area contributed by atoms with Crippen molar-refractivity contribution in [3.05, 3.63) is 0 Å². The highest BCUT2D eigenvalue weighted by atomic mass is 32.2. The van der Waals surface area contributed by atoms with Crippen molar-refractivity contribution in [1.82, 2.24) is 10.6 Å². The number of hydrogen-bond donors (Lipinski definition) is 3. The second kappa shape index (κ2) is 10.0. The van der Waals surface area contributed by atoms with Crippen LogP contribution in [0.3, 0.4) is 0 Å². The summed E-state index contributed by atoms with van der Waals surface area (Å²) in [6.07, 6.45) is 8.82. The first kappa shape index (κ1) is 17.3. The molecule has 1 saturated carbocycles. The minimum Gasteiger partial charge on any atom is -0.354 e. The molecule has 1 aliphatic rings. The van der Waals surface area contributed by atoms with E-state index in [9.17, 15) is 9.59 Å². The Hall–Kier alpha value is -0.750. The predicted molar refractivity (Wildman–Crippen MR) is 83.6 cm³/mol. The normalized spacial score (nSPS) is 17.5. The van der Waals surface area contributed by atoms with Gasteiger partial charge in [0.15, 0.2) is 0 Å². The number of carbonyl (C=O) groups is 2. The Labute approximate surface area is 125 Å². The van der Waals surface area contributed by atoms with Crippen molar-refractivity contribution in [3.8, 4) is 0 Å². The molecule has 4 N–H and O–H groups in total. The lowest BCUT2D eigenvalue weighted by Crippen LogP contribution is -2.43. The molecule has 0 aromatic carbocycles. The van der Waals surface area contributed by atoms with E-state index in [1.807, 2.05) is 6.26 Å². The molecule has 0 saturated heterocycles. The van der Waals surface area contributed by atoms with Crippen molar-refractivity contribution in [1.29, 1.82) is 0 Å². The van der Waals surface area contributed by atoms with Gasteiger partial charge in [0.05, 0.1) is 6.04 Å². The van der Waals surface area contributed by atoms with E-state index in [4.69, 9.17) is 5.73 Å². The lowest BCUT2D eigenvalue weighted by molar-refractivity contribution is -0.123. The first-order valence-corrected chi connectivity index (χ1v) is 8.84. The van der Waals surface area contributed by atoms with Crippen molar-refractivity contribution in [2.45, 2.75) is 57.0 Å². The molecule has 0 aromatic rings. The van der Waals surface area contributed by atoms with E-state index in [1.165, 1.54) is 19.3 Å². The summed E-state index contributed by atoms with van der Waals surface area (Å²) in [6, 6.07) is -0.139. The average Bonchev–Trinajstić information content (AvgIpc) is 2.45. The highest BCUT2D eigenvalue weighted by molar-refractivity contribution is 7.98. The molecule has 0 aromatic heterocycles. The summed E-state index contributed by atoms with van der Waals surface area (Å²) >= 11 is 1.67. The maximum atomic E-state index is 11.7. The van der Waals surface area contributed by atoms with Crippen molar-refractivity contribution >= 4 is 23.6 Å². The van der Waals surface area contributed by atoms with Crippen LogP contribution in [0.1, 0.15) is 44.9 Å². The molecule has 5 nitrogen and oxygen atoms in total. The number of nitrogens with one attached hydrogen (secondary N) is 2. The molecule has 6 heteroatoms. The molecule has 116 valence electrons. The van der Waals surface area contributed by atoms with Crippen LogP contribution in [0.2, 0.25) is 0 Å². The van der Waals surface area contributed by atoms with Gasteiger partial charge in [-0.2, -0.15) is 11.8 Å². The molecule has 0 bridgehead atoms. The number of carbonyl (C=O) groups excluding carboxylic acids is 2. The van der Waals surface area contributed by atoms with Gasteiger partial charge in [-0.3, -0.25) is 9.59 Å². The van der Waals surface area contributed by atoms with E-state index in [0.29, 0.717) is 25.4 Å². The third-order valence-electron chi connectivity index (χ3n) is 3.59. The molecule has 0 aliphatic heterocycles. The molecule has 0 spiro atoms. The van der Waals surface area contributed by atoms with Gasteiger partial charge in [-0.05, 0) is 31.3 Å². The van der Waals surface area contributed by atoms with Gasteiger partial charge < -0.3 is 16.4 Å². The SMILES string of the molecule is CSCC[C@H](N)C(=O)NCCC(=O)NC1CCCCC1. The monoisotopic (exact) mass is 301 g/mol.